The molecule has 2 aliphatic heterocycles. The summed E-state index contributed by atoms with van der Waals surface area (Å²) < 4.78 is 38.9. The van der Waals surface area contributed by atoms with Gasteiger partial charge in [0.25, 0.3) is 0 Å². The second-order valence-electron chi connectivity index (χ2n) is 7.93. The van der Waals surface area contributed by atoms with E-state index in [1.165, 1.54) is 21.6 Å². The molecule has 0 bridgehead atoms. The van der Waals surface area contributed by atoms with E-state index < -0.39 is 10.0 Å². The predicted molar refractivity (Wildman–Crippen MR) is 111 cm³/mol. The van der Waals surface area contributed by atoms with Crippen LogP contribution in [0.2, 0.25) is 0 Å². The molecule has 1 N–H and O–H groups in total. The van der Waals surface area contributed by atoms with Crippen LogP contribution >= 0.6 is 0 Å². The molecule has 0 spiro atoms. The Balaban J connectivity index is 1.45. The SMILES string of the molecule is Cc1ccc([C@H](C)[NH+]2CCN(S(=O)(=O)c3ccc4c(c3)OCCO4)CC2)cc1C. The molecule has 0 saturated carbocycles. The molecule has 0 amide bonds. The van der Waals surface area contributed by atoms with Crippen molar-refractivity contribution in [2.75, 3.05) is 39.4 Å². The minimum atomic E-state index is -3.54. The summed E-state index contributed by atoms with van der Waals surface area (Å²) in [7, 11) is -3.54. The summed E-state index contributed by atoms with van der Waals surface area (Å²) in [6.45, 7) is 10.0. The fraction of sp³-hybridized carbons (Fsp3) is 0.455. The number of sulfonamides is 1. The zero-order valence-corrected chi connectivity index (χ0v) is 18.1. The molecule has 0 unspecified atom stereocenters. The van der Waals surface area contributed by atoms with Crippen LogP contribution < -0.4 is 14.4 Å². The molecule has 1 saturated heterocycles. The highest BCUT2D eigenvalue weighted by atomic mass is 32.2. The lowest BCUT2D eigenvalue weighted by Gasteiger charge is -2.35. The molecule has 156 valence electrons. The van der Waals surface area contributed by atoms with Gasteiger partial charge in [0.15, 0.2) is 11.5 Å². The molecule has 29 heavy (non-hydrogen) atoms. The van der Waals surface area contributed by atoms with Crippen molar-refractivity contribution in [1.29, 1.82) is 0 Å². The van der Waals surface area contributed by atoms with Gasteiger partial charge in [0.1, 0.15) is 19.3 Å². The van der Waals surface area contributed by atoms with Crippen LogP contribution in [-0.4, -0.2) is 52.1 Å². The van der Waals surface area contributed by atoms with E-state index in [1.807, 2.05) is 0 Å². The maximum atomic E-state index is 13.1. The Bertz CT molecular complexity index is 998. The first kappa shape index (κ1) is 20.2. The number of nitrogens with zero attached hydrogens (tertiary/aromatic N) is 1. The molecule has 0 aliphatic carbocycles. The number of hydrogen-bond donors (Lipinski definition) is 1. The number of benzene rings is 2. The maximum absolute atomic E-state index is 13.1. The molecule has 0 aromatic heterocycles. The number of piperazine rings is 1. The van der Waals surface area contributed by atoms with Crippen LogP contribution in [0.3, 0.4) is 0 Å². The number of quaternary nitrogens is 1. The second-order valence-corrected chi connectivity index (χ2v) is 9.87. The van der Waals surface area contributed by atoms with Crippen LogP contribution in [0.4, 0.5) is 0 Å². The number of hydrogen-bond acceptors (Lipinski definition) is 4. The van der Waals surface area contributed by atoms with Gasteiger partial charge in [-0.15, -0.1) is 0 Å². The lowest BCUT2D eigenvalue weighted by atomic mass is 10.0. The number of nitrogens with one attached hydrogen (secondary N) is 1. The Morgan fingerprint density at radius 3 is 2.31 bits per heavy atom. The minimum Gasteiger partial charge on any atom is -0.486 e. The lowest BCUT2D eigenvalue weighted by molar-refractivity contribution is -0.933. The Labute approximate surface area is 173 Å². The summed E-state index contributed by atoms with van der Waals surface area (Å²) in [6.07, 6.45) is 0. The molecule has 2 aromatic rings. The summed E-state index contributed by atoms with van der Waals surface area (Å²) in [4.78, 5) is 1.69. The molecular formula is C22H29N2O4S+. The summed E-state index contributed by atoms with van der Waals surface area (Å²) in [6, 6.07) is 11.8. The summed E-state index contributed by atoms with van der Waals surface area (Å²) in [5, 5.41) is 0. The van der Waals surface area contributed by atoms with Gasteiger partial charge in [0.05, 0.1) is 31.1 Å². The molecule has 2 aromatic carbocycles. The highest BCUT2D eigenvalue weighted by Crippen LogP contribution is 2.33. The zero-order valence-electron chi connectivity index (χ0n) is 17.3. The first-order chi connectivity index (χ1) is 13.9. The van der Waals surface area contributed by atoms with Gasteiger partial charge in [-0.05, 0) is 50.1 Å². The standard InChI is InChI=1S/C22H28N2O4S/c1-16-4-5-19(14-17(16)2)18(3)23-8-10-24(11-9-23)29(25,26)20-6-7-21-22(15-20)28-13-12-27-21/h4-7,14-15,18H,8-13H2,1-3H3/p+1/t18-/m0/s1. The summed E-state index contributed by atoms with van der Waals surface area (Å²) in [5.74, 6) is 1.11. The average molecular weight is 418 g/mol. The fourth-order valence-electron chi connectivity index (χ4n) is 4.05. The number of aryl methyl sites for hydroxylation is 2. The zero-order chi connectivity index (χ0) is 20.6. The number of ether oxygens (including phenoxy) is 2. The Morgan fingerprint density at radius 1 is 0.931 bits per heavy atom. The third-order valence-corrected chi connectivity index (χ3v) is 8.05. The van der Waals surface area contributed by atoms with Gasteiger partial charge in [-0.2, -0.15) is 4.31 Å². The largest absolute Gasteiger partial charge is 0.486 e. The molecule has 0 radical (unpaired) electrons. The Hall–Kier alpha value is -2.09. The van der Waals surface area contributed by atoms with E-state index in [-0.39, 0.29) is 4.90 Å². The van der Waals surface area contributed by atoms with Crippen molar-refractivity contribution in [2.24, 2.45) is 0 Å². The molecular weight excluding hydrogens is 388 g/mol. The van der Waals surface area contributed by atoms with Crippen LogP contribution in [0.1, 0.15) is 29.7 Å². The monoisotopic (exact) mass is 417 g/mol. The normalized spacial score (nSPS) is 19.1. The molecule has 4 rings (SSSR count). The molecule has 7 heteroatoms. The van der Waals surface area contributed by atoms with E-state index in [0.29, 0.717) is 43.8 Å². The Morgan fingerprint density at radius 2 is 1.62 bits per heavy atom. The minimum absolute atomic E-state index is 0.271. The van der Waals surface area contributed by atoms with Gasteiger partial charge in [0.2, 0.25) is 10.0 Å². The maximum Gasteiger partial charge on any atom is 0.243 e. The van der Waals surface area contributed by atoms with Crippen LogP contribution in [0.5, 0.6) is 11.5 Å². The van der Waals surface area contributed by atoms with Crippen molar-refractivity contribution in [2.45, 2.75) is 31.7 Å². The van der Waals surface area contributed by atoms with Gasteiger partial charge < -0.3 is 14.4 Å². The number of fused-ring (bicyclic) bond motifs is 1. The van der Waals surface area contributed by atoms with Crippen molar-refractivity contribution < 1.29 is 22.8 Å². The topological polar surface area (TPSA) is 60.3 Å². The highest BCUT2D eigenvalue weighted by molar-refractivity contribution is 7.89. The second kappa shape index (κ2) is 7.97. The predicted octanol–water partition coefficient (Wildman–Crippen LogP) is 1.73. The quantitative estimate of drug-likeness (QED) is 0.823. The van der Waals surface area contributed by atoms with E-state index in [4.69, 9.17) is 9.47 Å². The van der Waals surface area contributed by atoms with E-state index in [0.717, 1.165) is 13.1 Å². The third kappa shape index (κ3) is 3.99. The fourth-order valence-corrected chi connectivity index (χ4v) is 5.51. The first-order valence-corrected chi connectivity index (χ1v) is 11.6. The lowest BCUT2D eigenvalue weighted by Crippen LogP contribution is -3.14. The first-order valence-electron chi connectivity index (χ1n) is 10.2. The molecule has 2 aliphatic rings. The van der Waals surface area contributed by atoms with E-state index in [9.17, 15) is 8.42 Å². The molecule has 1 fully saturated rings. The highest BCUT2D eigenvalue weighted by Gasteiger charge is 2.33. The van der Waals surface area contributed by atoms with Gasteiger partial charge in [-0.1, -0.05) is 12.1 Å². The van der Waals surface area contributed by atoms with E-state index in [2.05, 4.69) is 39.0 Å². The van der Waals surface area contributed by atoms with E-state index >= 15 is 0 Å². The van der Waals surface area contributed by atoms with Crippen molar-refractivity contribution in [3.63, 3.8) is 0 Å². The van der Waals surface area contributed by atoms with Crippen LogP contribution in [0.15, 0.2) is 41.3 Å². The van der Waals surface area contributed by atoms with Crippen molar-refractivity contribution in [3.05, 3.63) is 53.1 Å². The van der Waals surface area contributed by atoms with Gasteiger partial charge in [-0.25, -0.2) is 8.42 Å². The Kier molecular flexibility index (Phi) is 5.55. The van der Waals surface area contributed by atoms with Crippen molar-refractivity contribution in [3.8, 4) is 11.5 Å². The molecule has 2 heterocycles. The van der Waals surface area contributed by atoms with Crippen LogP contribution in [0.25, 0.3) is 0 Å². The van der Waals surface area contributed by atoms with Gasteiger partial charge in [-0.3, -0.25) is 0 Å². The smallest absolute Gasteiger partial charge is 0.243 e. The third-order valence-electron chi connectivity index (χ3n) is 6.16. The summed E-state index contributed by atoms with van der Waals surface area (Å²) >= 11 is 0. The molecule has 6 nitrogen and oxygen atoms in total. The average Bonchev–Trinajstić information content (AvgIpc) is 2.75. The van der Waals surface area contributed by atoms with Gasteiger partial charge in [0, 0.05) is 11.6 Å². The summed E-state index contributed by atoms with van der Waals surface area (Å²) in [5.41, 5.74) is 3.91. The number of rotatable bonds is 4. The van der Waals surface area contributed by atoms with Crippen LogP contribution in [-0.2, 0) is 10.0 Å². The molecule has 1 atom stereocenters. The van der Waals surface area contributed by atoms with Crippen molar-refractivity contribution >= 4 is 10.0 Å². The van der Waals surface area contributed by atoms with Crippen LogP contribution in [0, 0.1) is 13.8 Å². The van der Waals surface area contributed by atoms with E-state index in [1.54, 1.807) is 22.5 Å². The van der Waals surface area contributed by atoms with Crippen molar-refractivity contribution in [1.82, 2.24) is 4.31 Å². The van der Waals surface area contributed by atoms with Gasteiger partial charge >= 0.3 is 0 Å².